The van der Waals surface area contributed by atoms with Crippen molar-refractivity contribution in [3.05, 3.63) is 47.0 Å². The Morgan fingerprint density at radius 2 is 1.97 bits per heavy atom. The normalized spacial score (nSPS) is 27.3. The van der Waals surface area contributed by atoms with Crippen molar-refractivity contribution in [3.63, 3.8) is 0 Å². The first-order valence-electron chi connectivity index (χ1n) is 11.6. The van der Waals surface area contributed by atoms with Crippen molar-refractivity contribution in [2.24, 2.45) is 11.3 Å². The summed E-state index contributed by atoms with van der Waals surface area (Å²) in [6, 6.07) is 11.4. The van der Waals surface area contributed by atoms with Crippen LogP contribution in [-0.2, 0) is 4.74 Å². The second kappa shape index (κ2) is 8.73. The molecule has 0 radical (unpaired) electrons. The zero-order chi connectivity index (χ0) is 23.2. The highest BCUT2D eigenvalue weighted by molar-refractivity contribution is 6.33. The molecular formula is C26H31ClN2O4. The Hall–Kier alpha value is -2.44. The number of amides is 1. The van der Waals surface area contributed by atoms with Crippen LogP contribution >= 0.6 is 11.6 Å². The Morgan fingerprint density at radius 3 is 2.67 bits per heavy atom. The van der Waals surface area contributed by atoms with E-state index in [4.69, 9.17) is 25.8 Å². The van der Waals surface area contributed by atoms with Crippen molar-refractivity contribution in [2.75, 3.05) is 33.4 Å². The number of methoxy groups -OCH3 is 1. The standard InChI is InChI=1S/C26H31ClN2O4/c1-26(2)15-32-22-12-17(20-13-18(31-3)5-7-21(20)27)4-6-19(22)24(26)28-25(30)33-23-14-29-10-8-16(23)9-11-29/h4-7,12-13,16,23-24H,8-11,14-15H2,1-3H3,(H,28,30)/t23-,24?/m1/s1. The van der Waals surface area contributed by atoms with Gasteiger partial charge in [-0.3, -0.25) is 4.90 Å². The lowest BCUT2D eigenvalue weighted by Gasteiger charge is -2.44. The molecule has 0 spiro atoms. The second-order valence-electron chi connectivity index (χ2n) is 10.0. The number of rotatable bonds is 4. The minimum absolute atomic E-state index is 0.0208. The molecule has 2 aromatic rings. The molecule has 7 heteroatoms. The monoisotopic (exact) mass is 470 g/mol. The first kappa shape index (κ1) is 22.4. The smallest absolute Gasteiger partial charge is 0.407 e. The Labute approximate surface area is 200 Å². The molecule has 2 bridgehead atoms. The molecule has 0 saturated carbocycles. The van der Waals surface area contributed by atoms with Crippen LogP contribution in [0.15, 0.2) is 36.4 Å². The second-order valence-corrected chi connectivity index (χ2v) is 10.4. The molecule has 4 aliphatic heterocycles. The average Bonchev–Trinajstić information content (AvgIpc) is 2.82. The van der Waals surface area contributed by atoms with Gasteiger partial charge in [0, 0.05) is 28.1 Å². The molecule has 4 heterocycles. The molecule has 1 amide bonds. The largest absolute Gasteiger partial charge is 0.497 e. The van der Waals surface area contributed by atoms with Gasteiger partial charge >= 0.3 is 6.09 Å². The fraction of sp³-hybridized carbons (Fsp3) is 0.500. The van der Waals surface area contributed by atoms with Crippen LogP contribution in [0, 0.1) is 11.3 Å². The number of alkyl carbamates (subject to hydrolysis) is 1. The van der Waals surface area contributed by atoms with Gasteiger partial charge in [-0.05, 0) is 61.7 Å². The fourth-order valence-corrected chi connectivity index (χ4v) is 5.52. The number of carbonyl (C=O) groups is 1. The van der Waals surface area contributed by atoms with E-state index in [1.54, 1.807) is 7.11 Å². The third-order valence-corrected chi connectivity index (χ3v) is 7.64. The number of hydrogen-bond acceptors (Lipinski definition) is 5. The van der Waals surface area contributed by atoms with Crippen LogP contribution in [-0.4, -0.2) is 50.4 Å². The van der Waals surface area contributed by atoms with Gasteiger partial charge in [0.05, 0.1) is 19.8 Å². The molecule has 3 fully saturated rings. The average molecular weight is 471 g/mol. The molecule has 6 rings (SSSR count). The third-order valence-electron chi connectivity index (χ3n) is 7.31. The number of nitrogens with one attached hydrogen (secondary N) is 1. The molecule has 33 heavy (non-hydrogen) atoms. The van der Waals surface area contributed by atoms with Crippen LogP contribution in [0.2, 0.25) is 5.02 Å². The first-order chi connectivity index (χ1) is 15.8. The predicted octanol–water partition coefficient (Wildman–Crippen LogP) is 5.30. The minimum Gasteiger partial charge on any atom is -0.497 e. The van der Waals surface area contributed by atoms with Gasteiger partial charge in [0.15, 0.2) is 0 Å². The van der Waals surface area contributed by atoms with Gasteiger partial charge in [-0.1, -0.05) is 37.6 Å². The highest BCUT2D eigenvalue weighted by Gasteiger charge is 2.41. The molecule has 0 aliphatic carbocycles. The van der Waals surface area contributed by atoms with Crippen molar-refractivity contribution in [3.8, 4) is 22.6 Å². The lowest BCUT2D eigenvalue weighted by atomic mass is 9.78. The highest BCUT2D eigenvalue weighted by atomic mass is 35.5. The summed E-state index contributed by atoms with van der Waals surface area (Å²) in [5.74, 6) is 1.97. The van der Waals surface area contributed by atoms with Crippen LogP contribution in [0.4, 0.5) is 4.79 Å². The maximum atomic E-state index is 12.9. The summed E-state index contributed by atoms with van der Waals surface area (Å²) in [6.07, 6.45) is 1.85. The molecule has 1 unspecified atom stereocenters. The highest BCUT2D eigenvalue weighted by Crippen LogP contribution is 2.45. The number of ether oxygens (including phenoxy) is 3. The number of nitrogens with zero attached hydrogens (tertiary/aromatic N) is 1. The van der Waals surface area contributed by atoms with E-state index in [1.807, 2.05) is 36.4 Å². The van der Waals surface area contributed by atoms with E-state index < -0.39 is 0 Å². The summed E-state index contributed by atoms with van der Waals surface area (Å²) >= 11 is 6.46. The van der Waals surface area contributed by atoms with Gasteiger partial charge in [0.1, 0.15) is 17.6 Å². The lowest BCUT2D eigenvalue weighted by molar-refractivity contribution is -0.0361. The Kier molecular flexibility index (Phi) is 5.91. The maximum Gasteiger partial charge on any atom is 0.407 e. The van der Waals surface area contributed by atoms with Crippen LogP contribution < -0.4 is 14.8 Å². The number of hydrogen-bond donors (Lipinski definition) is 1. The van der Waals surface area contributed by atoms with E-state index in [2.05, 4.69) is 24.1 Å². The molecule has 176 valence electrons. The van der Waals surface area contributed by atoms with Gasteiger partial charge in [0.2, 0.25) is 0 Å². The summed E-state index contributed by atoms with van der Waals surface area (Å²) in [7, 11) is 1.64. The van der Waals surface area contributed by atoms with Gasteiger partial charge in [-0.25, -0.2) is 4.79 Å². The van der Waals surface area contributed by atoms with E-state index in [9.17, 15) is 4.79 Å². The SMILES string of the molecule is COc1ccc(Cl)c(-c2ccc3c(c2)OCC(C)(C)C3NC(=O)O[C@@H]2CN3CCC2CC3)c1. The third kappa shape index (κ3) is 4.38. The Morgan fingerprint density at radius 1 is 1.18 bits per heavy atom. The van der Waals surface area contributed by atoms with Crippen molar-refractivity contribution < 1.29 is 19.0 Å². The summed E-state index contributed by atoms with van der Waals surface area (Å²) < 4.78 is 17.4. The minimum atomic E-state index is -0.348. The van der Waals surface area contributed by atoms with Gasteiger partial charge in [-0.2, -0.15) is 0 Å². The van der Waals surface area contributed by atoms with E-state index in [0.29, 0.717) is 17.5 Å². The molecule has 3 saturated heterocycles. The summed E-state index contributed by atoms with van der Waals surface area (Å²) in [5, 5.41) is 3.80. The number of fused-ring (bicyclic) bond motifs is 4. The van der Waals surface area contributed by atoms with Crippen LogP contribution in [0.3, 0.4) is 0 Å². The number of piperidine rings is 3. The van der Waals surface area contributed by atoms with Crippen LogP contribution in [0.5, 0.6) is 11.5 Å². The summed E-state index contributed by atoms with van der Waals surface area (Å²) in [6.45, 7) is 7.76. The molecule has 2 atom stereocenters. The fourth-order valence-electron chi connectivity index (χ4n) is 5.29. The molecular weight excluding hydrogens is 440 g/mol. The van der Waals surface area contributed by atoms with Crippen molar-refractivity contribution in [2.45, 2.75) is 38.8 Å². The maximum absolute atomic E-state index is 12.9. The number of carbonyl (C=O) groups excluding carboxylic acids is 1. The van der Waals surface area contributed by atoms with Gasteiger partial charge < -0.3 is 19.5 Å². The van der Waals surface area contributed by atoms with Crippen LogP contribution in [0.1, 0.15) is 38.3 Å². The molecule has 1 N–H and O–H groups in total. The first-order valence-corrected chi connectivity index (χ1v) is 12.0. The van der Waals surface area contributed by atoms with E-state index in [0.717, 1.165) is 60.7 Å². The molecule has 4 aliphatic rings. The van der Waals surface area contributed by atoms with E-state index >= 15 is 0 Å². The Balaban J connectivity index is 1.37. The Bertz CT molecular complexity index is 1050. The zero-order valence-electron chi connectivity index (χ0n) is 19.4. The molecule has 2 aromatic carbocycles. The van der Waals surface area contributed by atoms with Gasteiger partial charge in [-0.15, -0.1) is 0 Å². The summed E-state index contributed by atoms with van der Waals surface area (Å²) in [4.78, 5) is 15.3. The van der Waals surface area contributed by atoms with Crippen molar-refractivity contribution in [1.29, 1.82) is 0 Å². The van der Waals surface area contributed by atoms with E-state index in [-0.39, 0.29) is 23.7 Å². The number of halogens is 1. The van der Waals surface area contributed by atoms with Gasteiger partial charge in [0.25, 0.3) is 0 Å². The topological polar surface area (TPSA) is 60.0 Å². The lowest BCUT2D eigenvalue weighted by Crippen LogP contribution is -2.53. The zero-order valence-corrected chi connectivity index (χ0v) is 20.2. The molecule has 6 nitrogen and oxygen atoms in total. The summed E-state index contributed by atoms with van der Waals surface area (Å²) in [5.41, 5.74) is 2.47. The van der Waals surface area contributed by atoms with Crippen LogP contribution in [0.25, 0.3) is 11.1 Å². The molecule has 0 aromatic heterocycles. The quantitative estimate of drug-likeness (QED) is 0.657. The predicted molar refractivity (Wildman–Crippen MR) is 128 cm³/mol. The van der Waals surface area contributed by atoms with Crippen molar-refractivity contribution >= 4 is 17.7 Å². The number of benzene rings is 2. The van der Waals surface area contributed by atoms with Crippen molar-refractivity contribution in [1.82, 2.24) is 10.2 Å². The van der Waals surface area contributed by atoms with E-state index in [1.165, 1.54) is 0 Å².